The summed E-state index contributed by atoms with van der Waals surface area (Å²) < 4.78 is 22.4. The lowest BCUT2D eigenvalue weighted by Crippen LogP contribution is -2.39. The Morgan fingerprint density at radius 2 is 1.63 bits per heavy atom. The van der Waals surface area contributed by atoms with Crippen molar-refractivity contribution < 1.29 is 23.7 Å². The Morgan fingerprint density at radius 3 is 2.23 bits per heavy atom. The molecule has 30 heavy (non-hydrogen) atoms. The zero-order valence-electron chi connectivity index (χ0n) is 18.2. The SMILES string of the molecule is COc1ccc(Oc2ccc(C3CN(CCC(=O)OC(C)(C)C)CCO3)cc2)cc1. The molecule has 3 rings (SSSR count). The zero-order valence-corrected chi connectivity index (χ0v) is 18.2. The third-order valence-electron chi connectivity index (χ3n) is 4.75. The highest BCUT2D eigenvalue weighted by molar-refractivity contribution is 5.70. The van der Waals surface area contributed by atoms with E-state index >= 15 is 0 Å². The summed E-state index contributed by atoms with van der Waals surface area (Å²) in [5.74, 6) is 2.15. The van der Waals surface area contributed by atoms with Crippen LogP contribution < -0.4 is 9.47 Å². The second kappa shape index (κ2) is 9.96. The fraction of sp³-hybridized carbons (Fsp3) is 0.458. The van der Waals surface area contributed by atoms with Crippen molar-refractivity contribution in [2.75, 3.05) is 33.4 Å². The predicted molar refractivity (Wildman–Crippen MR) is 115 cm³/mol. The lowest BCUT2D eigenvalue weighted by Gasteiger charge is -2.33. The summed E-state index contributed by atoms with van der Waals surface area (Å²) >= 11 is 0. The van der Waals surface area contributed by atoms with E-state index < -0.39 is 5.60 Å². The molecule has 0 amide bonds. The third-order valence-corrected chi connectivity index (χ3v) is 4.75. The van der Waals surface area contributed by atoms with E-state index in [4.69, 9.17) is 18.9 Å². The summed E-state index contributed by atoms with van der Waals surface area (Å²) in [5.41, 5.74) is 0.652. The van der Waals surface area contributed by atoms with Gasteiger partial charge in [0.15, 0.2) is 0 Å². The van der Waals surface area contributed by atoms with Crippen molar-refractivity contribution in [3.05, 3.63) is 54.1 Å². The number of morpholine rings is 1. The van der Waals surface area contributed by atoms with Crippen molar-refractivity contribution >= 4 is 5.97 Å². The highest BCUT2D eigenvalue weighted by Gasteiger charge is 2.23. The maximum Gasteiger partial charge on any atom is 0.307 e. The van der Waals surface area contributed by atoms with Crippen molar-refractivity contribution in [3.8, 4) is 17.2 Å². The average Bonchev–Trinajstić information content (AvgIpc) is 2.72. The summed E-state index contributed by atoms with van der Waals surface area (Å²) in [6.45, 7) is 8.54. The molecule has 0 spiro atoms. The van der Waals surface area contributed by atoms with Crippen molar-refractivity contribution in [2.24, 2.45) is 0 Å². The minimum atomic E-state index is -0.444. The van der Waals surface area contributed by atoms with Crippen LogP contribution in [-0.4, -0.2) is 49.8 Å². The Hall–Kier alpha value is -2.57. The predicted octanol–water partition coefficient (Wildman–Crippen LogP) is 4.59. The number of carbonyl (C=O) groups excluding carboxylic acids is 1. The lowest BCUT2D eigenvalue weighted by atomic mass is 10.1. The van der Waals surface area contributed by atoms with Crippen LogP contribution in [0, 0.1) is 0 Å². The number of benzene rings is 2. The van der Waals surface area contributed by atoms with Crippen molar-refractivity contribution in [1.29, 1.82) is 0 Å². The minimum Gasteiger partial charge on any atom is -0.497 e. The molecule has 2 aromatic rings. The normalized spacial score (nSPS) is 17.4. The highest BCUT2D eigenvalue weighted by atomic mass is 16.6. The fourth-order valence-corrected chi connectivity index (χ4v) is 3.28. The van der Waals surface area contributed by atoms with E-state index in [1.165, 1.54) is 0 Å². The molecule has 1 atom stereocenters. The summed E-state index contributed by atoms with van der Waals surface area (Å²) in [5, 5.41) is 0. The first kappa shape index (κ1) is 22.1. The lowest BCUT2D eigenvalue weighted by molar-refractivity contribution is -0.155. The van der Waals surface area contributed by atoms with Crippen LogP contribution in [0.25, 0.3) is 0 Å². The number of rotatable bonds is 7. The van der Waals surface area contributed by atoms with Crippen molar-refractivity contribution in [1.82, 2.24) is 4.90 Å². The van der Waals surface area contributed by atoms with Crippen LogP contribution in [0.3, 0.4) is 0 Å². The third kappa shape index (κ3) is 6.75. The second-order valence-electron chi connectivity index (χ2n) is 8.34. The Bertz CT molecular complexity index is 811. The van der Waals surface area contributed by atoms with Crippen LogP contribution in [0.2, 0.25) is 0 Å². The number of ether oxygens (including phenoxy) is 4. The second-order valence-corrected chi connectivity index (χ2v) is 8.34. The molecule has 0 N–H and O–H groups in total. The monoisotopic (exact) mass is 413 g/mol. The molecular formula is C24H31NO5. The molecule has 2 aromatic carbocycles. The largest absolute Gasteiger partial charge is 0.497 e. The van der Waals surface area contributed by atoms with E-state index in [9.17, 15) is 4.79 Å². The highest BCUT2D eigenvalue weighted by Crippen LogP contribution is 2.27. The van der Waals surface area contributed by atoms with Gasteiger partial charge >= 0.3 is 5.97 Å². The van der Waals surface area contributed by atoms with Crippen LogP contribution in [0.4, 0.5) is 0 Å². The molecule has 1 aliphatic heterocycles. The van der Waals surface area contributed by atoms with Gasteiger partial charge < -0.3 is 18.9 Å². The molecule has 0 bridgehead atoms. The molecule has 0 aromatic heterocycles. The van der Waals surface area contributed by atoms with Gasteiger partial charge in [0.2, 0.25) is 0 Å². The molecule has 0 saturated carbocycles. The number of hydrogen-bond acceptors (Lipinski definition) is 6. The molecule has 1 aliphatic rings. The van der Waals surface area contributed by atoms with Crippen LogP contribution in [0.5, 0.6) is 17.2 Å². The van der Waals surface area contributed by atoms with Crippen molar-refractivity contribution in [3.63, 3.8) is 0 Å². The van der Waals surface area contributed by atoms with Gasteiger partial charge in [0.05, 0.1) is 26.2 Å². The van der Waals surface area contributed by atoms with Crippen LogP contribution in [0.1, 0.15) is 38.9 Å². The standard InChI is InChI=1S/C24H31NO5/c1-24(2,3)30-23(26)13-14-25-15-16-28-22(17-25)18-5-7-20(8-6-18)29-21-11-9-19(27-4)10-12-21/h5-12,22H,13-17H2,1-4H3. The smallest absolute Gasteiger partial charge is 0.307 e. The molecule has 0 aliphatic carbocycles. The molecule has 1 heterocycles. The van der Waals surface area contributed by atoms with Crippen LogP contribution in [-0.2, 0) is 14.3 Å². The van der Waals surface area contributed by atoms with Crippen LogP contribution >= 0.6 is 0 Å². The summed E-state index contributed by atoms with van der Waals surface area (Å²) in [6.07, 6.45) is 0.367. The van der Waals surface area contributed by atoms with Gasteiger partial charge in [0.25, 0.3) is 0 Å². The van der Waals surface area contributed by atoms with Gasteiger partial charge in [-0.15, -0.1) is 0 Å². The van der Waals surface area contributed by atoms with Gasteiger partial charge in [-0.05, 0) is 62.7 Å². The van der Waals surface area contributed by atoms with Crippen molar-refractivity contribution in [2.45, 2.75) is 38.9 Å². The molecule has 6 nitrogen and oxygen atoms in total. The maximum atomic E-state index is 12.0. The minimum absolute atomic E-state index is 0.0209. The average molecular weight is 414 g/mol. The van der Waals surface area contributed by atoms with Gasteiger partial charge in [0, 0.05) is 19.6 Å². The van der Waals surface area contributed by atoms with Gasteiger partial charge in [-0.1, -0.05) is 12.1 Å². The van der Waals surface area contributed by atoms with E-state index in [0.717, 1.165) is 35.9 Å². The first-order valence-electron chi connectivity index (χ1n) is 10.3. The van der Waals surface area contributed by atoms with Gasteiger partial charge in [-0.3, -0.25) is 9.69 Å². The van der Waals surface area contributed by atoms with Gasteiger partial charge in [0.1, 0.15) is 22.8 Å². The summed E-state index contributed by atoms with van der Waals surface area (Å²) in [4.78, 5) is 14.2. The maximum absolute atomic E-state index is 12.0. The summed E-state index contributed by atoms with van der Waals surface area (Å²) in [6, 6.07) is 15.4. The Labute approximate surface area is 178 Å². The van der Waals surface area contributed by atoms with E-state index in [0.29, 0.717) is 19.6 Å². The van der Waals surface area contributed by atoms with E-state index in [-0.39, 0.29) is 12.1 Å². The molecule has 0 radical (unpaired) electrons. The van der Waals surface area contributed by atoms with E-state index in [1.807, 2.05) is 69.3 Å². The number of esters is 1. The molecule has 1 unspecified atom stereocenters. The Balaban J connectivity index is 1.52. The number of hydrogen-bond donors (Lipinski definition) is 0. The first-order chi connectivity index (χ1) is 14.3. The quantitative estimate of drug-likeness (QED) is 0.619. The van der Waals surface area contributed by atoms with Gasteiger partial charge in [-0.25, -0.2) is 0 Å². The number of nitrogens with zero attached hydrogens (tertiary/aromatic N) is 1. The molecule has 162 valence electrons. The Morgan fingerprint density at radius 1 is 1.03 bits per heavy atom. The number of methoxy groups -OCH3 is 1. The topological polar surface area (TPSA) is 57.2 Å². The molecule has 1 saturated heterocycles. The number of carbonyl (C=O) groups is 1. The molecule has 6 heteroatoms. The molecular weight excluding hydrogens is 382 g/mol. The zero-order chi connectivity index (χ0) is 21.6. The van der Waals surface area contributed by atoms with E-state index in [2.05, 4.69) is 4.90 Å². The first-order valence-corrected chi connectivity index (χ1v) is 10.3. The van der Waals surface area contributed by atoms with Gasteiger partial charge in [-0.2, -0.15) is 0 Å². The van der Waals surface area contributed by atoms with E-state index in [1.54, 1.807) is 7.11 Å². The Kier molecular flexibility index (Phi) is 7.34. The fourth-order valence-electron chi connectivity index (χ4n) is 3.28. The molecule has 1 fully saturated rings. The van der Waals surface area contributed by atoms with Crippen LogP contribution in [0.15, 0.2) is 48.5 Å². The summed E-state index contributed by atoms with van der Waals surface area (Å²) in [7, 11) is 1.64.